The molecule has 0 bridgehead atoms. The van der Waals surface area contributed by atoms with E-state index in [-0.39, 0.29) is 17.9 Å². The van der Waals surface area contributed by atoms with Crippen LogP contribution in [0, 0.1) is 11.3 Å². The van der Waals surface area contributed by atoms with Crippen LogP contribution in [0.5, 0.6) is 0 Å². The lowest BCUT2D eigenvalue weighted by Gasteiger charge is -2.25. The molecule has 0 aliphatic carbocycles. The van der Waals surface area contributed by atoms with Gasteiger partial charge in [-0.1, -0.05) is 29.8 Å². The summed E-state index contributed by atoms with van der Waals surface area (Å²) < 4.78 is 32.3. The fraction of sp³-hybridized carbons (Fsp3) is 0.286. The third-order valence-corrected chi connectivity index (χ3v) is 6.04. The van der Waals surface area contributed by atoms with Gasteiger partial charge in [-0.15, -0.1) is 0 Å². The van der Waals surface area contributed by atoms with Crippen molar-refractivity contribution < 1.29 is 22.7 Å². The first-order valence-electron chi connectivity index (χ1n) is 9.37. The van der Waals surface area contributed by atoms with E-state index in [0.29, 0.717) is 10.7 Å². The lowest BCUT2D eigenvalue weighted by molar-refractivity contribution is -0.155. The minimum atomic E-state index is -3.99. The normalized spacial score (nSPS) is 13.0. The van der Waals surface area contributed by atoms with Crippen molar-refractivity contribution in [3.8, 4) is 6.07 Å². The van der Waals surface area contributed by atoms with Gasteiger partial charge in [-0.3, -0.25) is 9.59 Å². The van der Waals surface area contributed by atoms with E-state index < -0.39 is 34.0 Å². The number of benzene rings is 2. The molecule has 2 unspecified atom stereocenters. The Kier molecular flexibility index (Phi) is 8.56. The van der Waals surface area contributed by atoms with Gasteiger partial charge in [-0.05, 0) is 50.2 Å². The van der Waals surface area contributed by atoms with Crippen molar-refractivity contribution in [1.29, 1.82) is 5.26 Å². The lowest BCUT2D eigenvalue weighted by Crippen LogP contribution is -2.45. The zero-order valence-electron chi connectivity index (χ0n) is 17.0. The quantitative estimate of drug-likeness (QED) is 0.571. The molecule has 164 valence electrons. The summed E-state index contributed by atoms with van der Waals surface area (Å²) in [6, 6.07) is 14.9. The highest BCUT2D eigenvalue weighted by Gasteiger charge is 2.29. The molecule has 2 aromatic carbocycles. The third-order valence-electron chi connectivity index (χ3n) is 4.23. The Hall–Kier alpha value is -2.93. The Labute approximate surface area is 186 Å². The molecule has 0 fully saturated rings. The van der Waals surface area contributed by atoms with Gasteiger partial charge in [0.15, 0.2) is 6.10 Å². The van der Waals surface area contributed by atoms with Gasteiger partial charge in [0.25, 0.3) is 5.91 Å². The van der Waals surface area contributed by atoms with Crippen LogP contribution in [0.3, 0.4) is 0 Å². The summed E-state index contributed by atoms with van der Waals surface area (Å²) in [6.07, 6.45) is -1.09. The van der Waals surface area contributed by atoms with E-state index in [1.165, 1.54) is 43.0 Å². The summed E-state index contributed by atoms with van der Waals surface area (Å²) in [4.78, 5) is 26.5. The first-order chi connectivity index (χ1) is 14.7. The first kappa shape index (κ1) is 24.3. The summed E-state index contributed by atoms with van der Waals surface area (Å²) in [6.45, 7) is 2.83. The topological polar surface area (TPSA) is 117 Å². The molecule has 0 saturated heterocycles. The molecule has 10 heteroatoms. The van der Waals surface area contributed by atoms with Gasteiger partial charge in [-0.25, -0.2) is 8.42 Å². The monoisotopic (exact) mass is 463 g/mol. The number of nitrogens with one attached hydrogen (secondary N) is 1. The number of para-hydroxylation sites is 1. The molecule has 2 rings (SSSR count). The maximum atomic E-state index is 12.8. The second-order valence-corrected chi connectivity index (χ2v) is 8.76. The minimum Gasteiger partial charge on any atom is -0.451 e. The molecule has 0 aliphatic heterocycles. The van der Waals surface area contributed by atoms with Crippen molar-refractivity contribution in [1.82, 2.24) is 4.72 Å². The van der Waals surface area contributed by atoms with Crippen LogP contribution >= 0.6 is 11.6 Å². The molecule has 1 N–H and O–H groups in total. The zero-order valence-corrected chi connectivity index (χ0v) is 18.6. The molecular weight excluding hydrogens is 442 g/mol. The molecular formula is C21H22ClN3O5S. The van der Waals surface area contributed by atoms with Gasteiger partial charge in [0.05, 0.1) is 17.4 Å². The van der Waals surface area contributed by atoms with Crippen LogP contribution < -0.4 is 9.62 Å². The maximum Gasteiger partial charge on any atom is 0.324 e. The van der Waals surface area contributed by atoms with Crippen LogP contribution in [0.15, 0.2) is 59.5 Å². The molecule has 0 saturated carbocycles. The van der Waals surface area contributed by atoms with E-state index >= 15 is 0 Å². The van der Waals surface area contributed by atoms with E-state index in [1.54, 1.807) is 30.3 Å². The highest BCUT2D eigenvalue weighted by atomic mass is 35.5. The number of ether oxygens (including phenoxy) is 1. The maximum absolute atomic E-state index is 12.8. The van der Waals surface area contributed by atoms with Gasteiger partial charge in [0.1, 0.15) is 6.04 Å². The zero-order chi connectivity index (χ0) is 23.0. The Morgan fingerprint density at radius 3 is 2.32 bits per heavy atom. The predicted molar refractivity (Wildman–Crippen MR) is 116 cm³/mol. The van der Waals surface area contributed by atoms with Gasteiger partial charge < -0.3 is 9.64 Å². The van der Waals surface area contributed by atoms with E-state index in [4.69, 9.17) is 21.6 Å². The molecule has 0 spiro atoms. The number of carbonyl (C=O) groups excluding carboxylic acids is 2. The van der Waals surface area contributed by atoms with Crippen LogP contribution in [0.2, 0.25) is 5.02 Å². The largest absolute Gasteiger partial charge is 0.451 e. The average Bonchev–Trinajstić information content (AvgIpc) is 2.74. The Morgan fingerprint density at radius 1 is 1.13 bits per heavy atom. The number of hydrogen-bond donors (Lipinski definition) is 1. The molecule has 1 amide bonds. The van der Waals surface area contributed by atoms with Gasteiger partial charge in [0, 0.05) is 17.3 Å². The summed E-state index contributed by atoms with van der Waals surface area (Å²) in [7, 11) is -3.99. The second-order valence-electron chi connectivity index (χ2n) is 6.61. The molecule has 8 nitrogen and oxygen atoms in total. The van der Waals surface area contributed by atoms with Crippen molar-refractivity contribution >= 4 is 39.2 Å². The molecule has 0 aromatic heterocycles. The Morgan fingerprint density at radius 2 is 1.74 bits per heavy atom. The predicted octanol–water partition coefficient (Wildman–Crippen LogP) is 2.89. The van der Waals surface area contributed by atoms with Gasteiger partial charge >= 0.3 is 5.97 Å². The molecule has 0 radical (unpaired) electrons. The Bertz CT molecular complexity index is 1050. The van der Waals surface area contributed by atoms with Crippen LogP contribution in [-0.2, 0) is 24.3 Å². The van der Waals surface area contributed by atoms with Crippen molar-refractivity contribution in [2.75, 3.05) is 11.4 Å². The second kappa shape index (κ2) is 10.9. The van der Waals surface area contributed by atoms with E-state index in [1.807, 2.05) is 6.07 Å². The van der Waals surface area contributed by atoms with E-state index in [2.05, 4.69) is 4.72 Å². The van der Waals surface area contributed by atoms with Crippen LogP contribution in [0.4, 0.5) is 5.69 Å². The van der Waals surface area contributed by atoms with Crippen molar-refractivity contribution in [3.63, 3.8) is 0 Å². The molecule has 0 heterocycles. The summed E-state index contributed by atoms with van der Waals surface area (Å²) in [5, 5.41) is 9.25. The number of nitrogens with zero attached hydrogens (tertiary/aromatic N) is 2. The average molecular weight is 464 g/mol. The highest BCUT2D eigenvalue weighted by Crippen LogP contribution is 2.17. The smallest absolute Gasteiger partial charge is 0.324 e. The number of nitriles is 1. The van der Waals surface area contributed by atoms with Gasteiger partial charge in [-0.2, -0.15) is 9.98 Å². The standard InChI is InChI=1S/C21H22ClN3O5S/c1-15(24-31(28,29)19-11-9-17(22)10-12-19)21(27)30-16(2)20(26)25(14-6-13-23)18-7-4-3-5-8-18/h3-5,7-12,15-16,24H,6,14H2,1-2H3. The molecule has 2 aromatic rings. The number of halogens is 1. The van der Waals surface area contributed by atoms with Crippen molar-refractivity contribution in [2.45, 2.75) is 37.3 Å². The first-order valence-corrected chi connectivity index (χ1v) is 11.2. The Balaban J connectivity index is 2.06. The van der Waals surface area contributed by atoms with Crippen LogP contribution in [0.1, 0.15) is 20.3 Å². The molecule has 31 heavy (non-hydrogen) atoms. The van der Waals surface area contributed by atoms with Crippen LogP contribution in [-0.4, -0.2) is 39.0 Å². The number of sulfonamides is 1. The van der Waals surface area contributed by atoms with E-state index in [0.717, 1.165) is 0 Å². The number of rotatable bonds is 9. The fourth-order valence-electron chi connectivity index (χ4n) is 2.65. The number of esters is 1. The highest BCUT2D eigenvalue weighted by molar-refractivity contribution is 7.89. The SMILES string of the molecule is CC(NS(=O)(=O)c1ccc(Cl)cc1)C(=O)OC(C)C(=O)N(CCC#N)c1ccccc1. The van der Waals surface area contributed by atoms with Crippen LogP contribution in [0.25, 0.3) is 0 Å². The fourth-order valence-corrected chi connectivity index (χ4v) is 3.96. The van der Waals surface area contributed by atoms with Crippen molar-refractivity contribution in [3.05, 3.63) is 59.6 Å². The lowest BCUT2D eigenvalue weighted by atomic mass is 10.2. The summed E-state index contributed by atoms with van der Waals surface area (Å²) in [5.74, 6) is -1.44. The number of hydrogen-bond acceptors (Lipinski definition) is 6. The minimum absolute atomic E-state index is 0.0626. The molecule has 2 atom stereocenters. The van der Waals surface area contributed by atoms with Gasteiger partial charge in [0.2, 0.25) is 10.0 Å². The number of amides is 1. The summed E-state index contributed by atoms with van der Waals surface area (Å²) in [5.41, 5.74) is 0.558. The summed E-state index contributed by atoms with van der Waals surface area (Å²) >= 11 is 5.76. The molecule has 0 aliphatic rings. The van der Waals surface area contributed by atoms with E-state index in [9.17, 15) is 18.0 Å². The van der Waals surface area contributed by atoms with Crippen molar-refractivity contribution in [2.24, 2.45) is 0 Å². The third kappa shape index (κ3) is 6.79. The number of anilines is 1. The number of carbonyl (C=O) groups is 2.